The van der Waals surface area contributed by atoms with Crippen molar-refractivity contribution in [2.45, 2.75) is 6.54 Å². The van der Waals surface area contributed by atoms with Crippen molar-refractivity contribution in [2.24, 2.45) is 0 Å². The molecule has 0 bridgehead atoms. The molecule has 124 valence electrons. The van der Waals surface area contributed by atoms with E-state index in [4.69, 9.17) is 0 Å². The van der Waals surface area contributed by atoms with Crippen LogP contribution in [0.5, 0.6) is 0 Å². The van der Waals surface area contributed by atoms with Crippen molar-refractivity contribution in [3.8, 4) is 0 Å². The van der Waals surface area contributed by atoms with Crippen LogP contribution in [-0.2, 0) is 11.3 Å². The maximum atomic E-state index is 12.2. The highest BCUT2D eigenvalue weighted by molar-refractivity contribution is 7.99. The lowest BCUT2D eigenvalue weighted by atomic mass is 10.1. The van der Waals surface area contributed by atoms with Crippen LogP contribution in [0.25, 0.3) is 6.08 Å². The highest BCUT2D eigenvalue weighted by atomic mass is 32.2. The van der Waals surface area contributed by atoms with Crippen LogP contribution in [0.15, 0.2) is 54.7 Å². The summed E-state index contributed by atoms with van der Waals surface area (Å²) in [4.78, 5) is 18.8. The first-order chi connectivity index (χ1) is 11.8. The molecule has 1 aromatic heterocycles. The molecule has 0 atom stereocenters. The van der Waals surface area contributed by atoms with E-state index in [0.717, 1.165) is 36.6 Å². The first-order valence-electron chi connectivity index (χ1n) is 8.09. The minimum Gasteiger partial charge on any atom is -0.322 e. The number of pyridine rings is 1. The number of hydrogen-bond acceptors (Lipinski definition) is 4. The number of hydrogen-bond donors (Lipinski definition) is 1. The minimum atomic E-state index is -0.137. The van der Waals surface area contributed by atoms with Gasteiger partial charge in [0, 0.05) is 49.1 Å². The quantitative estimate of drug-likeness (QED) is 0.849. The summed E-state index contributed by atoms with van der Waals surface area (Å²) >= 11 is 2.00. The van der Waals surface area contributed by atoms with Crippen molar-refractivity contribution in [3.05, 3.63) is 66.0 Å². The van der Waals surface area contributed by atoms with Crippen LogP contribution in [0.4, 0.5) is 5.69 Å². The SMILES string of the molecule is O=C(/C=C/c1ccccn1)Nc1ccccc1CN1CCSCC1. The average Bonchev–Trinajstić information content (AvgIpc) is 2.63. The zero-order valence-corrected chi connectivity index (χ0v) is 14.3. The van der Waals surface area contributed by atoms with Crippen LogP contribution in [-0.4, -0.2) is 40.4 Å². The van der Waals surface area contributed by atoms with Gasteiger partial charge in [-0.1, -0.05) is 24.3 Å². The van der Waals surface area contributed by atoms with E-state index in [-0.39, 0.29) is 5.91 Å². The van der Waals surface area contributed by atoms with Crippen molar-refractivity contribution in [1.82, 2.24) is 9.88 Å². The van der Waals surface area contributed by atoms with E-state index in [9.17, 15) is 4.79 Å². The van der Waals surface area contributed by atoms with Gasteiger partial charge < -0.3 is 5.32 Å². The molecule has 2 heterocycles. The Morgan fingerprint density at radius 1 is 1.17 bits per heavy atom. The molecule has 0 unspecified atom stereocenters. The standard InChI is InChI=1S/C19H21N3OS/c23-19(9-8-17-6-3-4-10-20-17)21-18-7-2-1-5-16(18)15-22-11-13-24-14-12-22/h1-10H,11-15H2,(H,21,23)/b9-8+. The molecular weight excluding hydrogens is 318 g/mol. The van der Waals surface area contributed by atoms with E-state index in [1.54, 1.807) is 12.3 Å². The third-order valence-corrected chi connectivity index (χ3v) is 4.81. The number of rotatable bonds is 5. The Balaban J connectivity index is 1.64. The Morgan fingerprint density at radius 3 is 2.75 bits per heavy atom. The molecule has 1 amide bonds. The van der Waals surface area contributed by atoms with Gasteiger partial charge in [-0.15, -0.1) is 0 Å². The first kappa shape index (κ1) is 16.7. The van der Waals surface area contributed by atoms with E-state index < -0.39 is 0 Å². The van der Waals surface area contributed by atoms with Crippen LogP contribution in [0.2, 0.25) is 0 Å². The number of nitrogens with zero attached hydrogens (tertiary/aromatic N) is 2. The number of aromatic nitrogens is 1. The number of amides is 1. The van der Waals surface area contributed by atoms with E-state index in [1.807, 2.05) is 48.2 Å². The molecule has 4 nitrogen and oxygen atoms in total. The molecule has 1 fully saturated rings. The first-order valence-corrected chi connectivity index (χ1v) is 9.25. The van der Waals surface area contributed by atoms with Crippen molar-refractivity contribution < 1.29 is 4.79 Å². The molecule has 3 rings (SSSR count). The predicted molar refractivity (Wildman–Crippen MR) is 101 cm³/mol. The van der Waals surface area contributed by atoms with E-state index in [2.05, 4.69) is 21.3 Å². The Hall–Kier alpha value is -2.11. The summed E-state index contributed by atoms with van der Waals surface area (Å²) < 4.78 is 0. The normalized spacial score (nSPS) is 15.5. The van der Waals surface area contributed by atoms with E-state index in [0.29, 0.717) is 0 Å². The van der Waals surface area contributed by atoms with Gasteiger partial charge in [-0.2, -0.15) is 11.8 Å². The summed E-state index contributed by atoms with van der Waals surface area (Å²) in [6.07, 6.45) is 4.96. The van der Waals surface area contributed by atoms with Gasteiger partial charge in [0.15, 0.2) is 0 Å². The van der Waals surface area contributed by atoms with E-state index >= 15 is 0 Å². The monoisotopic (exact) mass is 339 g/mol. The van der Waals surface area contributed by atoms with Crippen LogP contribution in [0, 0.1) is 0 Å². The summed E-state index contributed by atoms with van der Waals surface area (Å²) in [5.41, 5.74) is 2.81. The molecule has 2 aromatic rings. The van der Waals surface area contributed by atoms with Gasteiger partial charge in [-0.05, 0) is 29.8 Å². The third kappa shape index (κ3) is 4.94. The van der Waals surface area contributed by atoms with Crippen LogP contribution in [0.3, 0.4) is 0 Å². The molecule has 1 aliphatic heterocycles. The lowest BCUT2D eigenvalue weighted by Crippen LogP contribution is -2.32. The van der Waals surface area contributed by atoms with Crippen molar-refractivity contribution in [3.63, 3.8) is 0 Å². The summed E-state index contributed by atoms with van der Waals surface area (Å²) in [6, 6.07) is 13.6. The Morgan fingerprint density at radius 2 is 1.96 bits per heavy atom. The van der Waals surface area contributed by atoms with Crippen LogP contribution in [0.1, 0.15) is 11.3 Å². The zero-order chi connectivity index (χ0) is 16.6. The van der Waals surface area contributed by atoms with Crippen molar-refractivity contribution in [2.75, 3.05) is 29.9 Å². The number of carbonyl (C=O) groups excluding carboxylic acids is 1. The number of benzene rings is 1. The fourth-order valence-corrected chi connectivity index (χ4v) is 3.57. The maximum absolute atomic E-state index is 12.2. The van der Waals surface area contributed by atoms with Crippen LogP contribution < -0.4 is 5.32 Å². The lowest BCUT2D eigenvalue weighted by molar-refractivity contribution is -0.111. The van der Waals surface area contributed by atoms with Gasteiger partial charge in [0.1, 0.15) is 0 Å². The Kier molecular flexibility index (Phi) is 6.04. The average molecular weight is 339 g/mol. The maximum Gasteiger partial charge on any atom is 0.248 e. The molecule has 24 heavy (non-hydrogen) atoms. The second-order valence-electron chi connectivity index (χ2n) is 5.62. The van der Waals surface area contributed by atoms with Crippen molar-refractivity contribution in [1.29, 1.82) is 0 Å². The third-order valence-electron chi connectivity index (χ3n) is 3.87. The smallest absolute Gasteiger partial charge is 0.248 e. The minimum absolute atomic E-state index is 0.137. The van der Waals surface area contributed by atoms with Crippen LogP contribution >= 0.6 is 11.8 Å². The highest BCUT2D eigenvalue weighted by Gasteiger charge is 2.13. The Labute approximate surface area is 147 Å². The predicted octanol–water partition coefficient (Wildman–Crippen LogP) is 3.28. The van der Waals surface area contributed by atoms with Gasteiger partial charge in [-0.3, -0.25) is 14.7 Å². The number of carbonyl (C=O) groups is 1. The number of anilines is 1. The molecule has 0 spiro atoms. The van der Waals surface area contributed by atoms with Crippen molar-refractivity contribution >= 4 is 29.4 Å². The molecule has 0 radical (unpaired) electrons. The largest absolute Gasteiger partial charge is 0.322 e. The van der Waals surface area contributed by atoms with Gasteiger partial charge in [-0.25, -0.2) is 0 Å². The van der Waals surface area contributed by atoms with Gasteiger partial charge in [0.25, 0.3) is 0 Å². The van der Waals surface area contributed by atoms with E-state index in [1.165, 1.54) is 17.6 Å². The molecule has 1 N–H and O–H groups in total. The van der Waals surface area contributed by atoms with Gasteiger partial charge >= 0.3 is 0 Å². The topological polar surface area (TPSA) is 45.2 Å². The lowest BCUT2D eigenvalue weighted by Gasteiger charge is -2.27. The molecule has 1 aliphatic rings. The second kappa shape index (κ2) is 8.66. The molecule has 1 saturated heterocycles. The number of para-hydroxylation sites is 1. The summed E-state index contributed by atoms with van der Waals surface area (Å²) in [5, 5.41) is 2.98. The fourth-order valence-electron chi connectivity index (χ4n) is 2.59. The summed E-state index contributed by atoms with van der Waals surface area (Å²) in [5.74, 6) is 2.23. The van der Waals surface area contributed by atoms with Gasteiger partial charge in [0.2, 0.25) is 5.91 Å². The molecule has 1 aromatic carbocycles. The summed E-state index contributed by atoms with van der Waals surface area (Å²) in [7, 11) is 0. The molecule has 0 saturated carbocycles. The molecular formula is C19H21N3OS. The fraction of sp³-hybridized carbons (Fsp3) is 0.263. The second-order valence-corrected chi connectivity index (χ2v) is 6.85. The number of nitrogens with one attached hydrogen (secondary N) is 1. The molecule has 5 heteroatoms. The zero-order valence-electron chi connectivity index (χ0n) is 13.5. The number of thioether (sulfide) groups is 1. The van der Waals surface area contributed by atoms with Gasteiger partial charge in [0.05, 0.1) is 5.69 Å². The highest BCUT2D eigenvalue weighted by Crippen LogP contribution is 2.19. The Bertz CT molecular complexity index is 697. The summed E-state index contributed by atoms with van der Waals surface area (Å²) in [6.45, 7) is 3.08. The molecule has 0 aliphatic carbocycles.